The van der Waals surface area contributed by atoms with Gasteiger partial charge in [0.2, 0.25) is 0 Å². The highest BCUT2D eigenvalue weighted by Gasteiger charge is 2.24. The number of carbonyl (C=O) groups excluding carboxylic acids is 1. The Bertz CT molecular complexity index is 600. The van der Waals surface area contributed by atoms with Crippen molar-refractivity contribution in [3.8, 4) is 10.8 Å². The summed E-state index contributed by atoms with van der Waals surface area (Å²) >= 11 is 1.44. The number of hydrogen-bond donors (Lipinski definition) is 1. The van der Waals surface area contributed by atoms with Crippen LogP contribution in [0, 0.1) is 0 Å². The van der Waals surface area contributed by atoms with Crippen molar-refractivity contribution in [2.45, 2.75) is 19.8 Å². The molecule has 2 aromatic heterocycles. The zero-order chi connectivity index (χ0) is 14.7. The predicted octanol–water partition coefficient (Wildman–Crippen LogP) is 2.40. The van der Waals surface area contributed by atoms with E-state index in [1.165, 1.54) is 11.3 Å². The van der Waals surface area contributed by atoms with E-state index in [0.717, 1.165) is 60.4 Å². The number of aryl methyl sites for hydroxylation is 1. The minimum absolute atomic E-state index is 0.107. The lowest BCUT2D eigenvalue weighted by molar-refractivity contribution is 0.0739. The van der Waals surface area contributed by atoms with Gasteiger partial charge in [0, 0.05) is 26.2 Å². The molecule has 0 atom stereocenters. The second-order valence-corrected chi connectivity index (χ2v) is 6.06. The highest BCUT2D eigenvalue weighted by atomic mass is 32.1. The van der Waals surface area contributed by atoms with Gasteiger partial charge < -0.3 is 14.6 Å². The summed E-state index contributed by atoms with van der Waals surface area (Å²) in [4.78, 5) is 20.0. The molecule has 1 amide bonds. The van der Waals surface area contributed by atoms with Crippen molar-refractivity contribution < 1.29 is 9.21 Å². The number of nitrogens with one attached hydrogen (secondary N) is 1. The molecule has 0 unspecified atom stereocenters. The molecule has 2 aromatic rings. The van der Waals surface area contributed by atoms with Gasteiger partial charge in [-0.1, -0.05) is 13.3 Å². The number of thiazole rings is 1. The second-order valence-electron chi connectivity index (χ2n) is 5.06. The van der Waals surface area contributed by atoms with Crippen LogP contribution in [0.5, 0.6) is 0 Å². The van der Waals surface area contributed by atoms with Gasteiger partial charge in [0.05, 0.1) is 12.0 Å². The van der Waals surface area contributed by atoms with Crippen LogP contribution in [0.1, 0.15) is 28.7 Å². The Morgan fingerprint density at radius 2 is 2.29 bits per heavy atom. The topological polar surface area (TPSA) is 58.4 Å². The number of carbonyl (C=O) groups is 1. The molecule has 112 valence electrons. The molecule has 21 heavy (non-hydrogen) atoms. The summed E-state index contributed by atoms with van der Waals surface area (Å²) in [5.74, 6) is 0.840. The molecule has 0 spiro atoms. The summed E-state index contributed by atoms with van der Waals surface area (Å²) in [6, 6.07) is 3.72. The van der Waals surface area contributed by atoms with E-state index < -0.39 is 0 Å². The number of hydrogen-bond acceptors (Lipinski definition) is 5. The Hall–Kier alpha value is -1.66. The van der Waals surface area contributed by atoms with Crippen LogP contribution in [0.2, 0.25) is 0 Å². The monoisotopic (exact) mass is 305 g/mol. The maximum absolute atomic E-state index is 12.7. The van der Waals surface area contributed by atoms with Crippen LogP contribution in [0.3, 0.4) is 0 Å². The molecular weight excluding hydrogens is 286 g/mol. The molecular formula is C15H19N3O2S. The Morgan fingerprint density at radius 3 is 2.95 bits per heavy atom. The first-order valence-electron chi connectivity index (χ1n) is 7.33. The van der Waals surface area contributed by atoms with Gasteiger partial charge in [0.25, 0.3) is 5.91 Å². The van der Waals surface area contributed by atoms with Gasteiger partial charge in [-0.25, -0.2) is 4.98 Å². The summed E-state index contributed by atoms with van der Waals surface area (Å²) in [6.45, 7) is 5.35. The van der Waals surface area contributed by atoms with Crippen LogP contribution >= 0.6 is 11.3 Å². The SMILES string of the molecule is CCCc1nc(-c2ccco2)sc1C(=O)N1CCNCC1. The van der Waals surface area contributed by atoms with Crippen molar-refractivity contribution in [1.29, 1.82) is 0 Å². The standard InChI is InChI=1S/C15H19N3O2S/c1-2-4-11-13(15(19)18-8-6-16-7-9-18)21-14(17-11)12-5-3-10-20-12/h3,5,10,16H,2,4,6-9H2,1H3. The number of aromatic nitrogens is 1. The molecule has 1 aliphatic rings. The second kappa shape index (κ2) is 6.41. The van der Waals surface area contributed by atoms with Crippen molar-refractivity contribution in [2.24, 2.45) is 0 Å². The van der Waals surface area contributed by atoms with E-state index >= 15 is 0 Å². The van der Waals surface area contributed by atoms with Crippen LogP contribution in [-0.2, 0) is 6.42 Å². The number of amides is 1. The maximum atomic E-state index is 12.7. The summed E-state index contributed by atoms with van der Waals surface area (Å²) in [6.07, 6.45) is 3.43. The van der Waals surface area contributed by atoms with E-state index in [2.05, 4.69) is 17.2 Å². The van der Waals surface area contributed by atoms with E-state index in [1.54, 1.807) is 6.26 Å². The quantitative estimate of drug-likeness (QED) is 0.942. The van der Waals surface area contributed by atoms with Gasteiger partial charge in [-0.05, 0) is 18.6 Å². The minimum atomic E-state index is 0.107. The number of furan rings is 1. The Morgan fingerprint density at radius 1 is 1.48 bits per heavy atom. The van der Waals surface area contributed by atoms with Gasteiger partial charge in [0.15, 0.2) is 10.8 Å². The third-order valence-corrected chi connectivity index (χ3v) is 4.61. The van der Waals surface area contributed by atoms with Gasteiger partial charge in [-0.15, -0.1) is 11.3 Å². The van der Waals surface area contributed by atoms with Gasteiger partial charge in [-0.3, -0.25) is 4.79 Å². The van der Waals surface area contributed by atoms with Crippen molar-refractivity contribution in [1.82, 2.24) is 15.2 Å². The highest BCUT2D eigenvalue weighted by molar-refractivity contribution is 7.17. The minimum Gasteiger partial charge on any atom is -0.462 e. The van der Waals surface area contributed by atoms with Gasteiger partial charge in [0.1, 0.15) is 4.88 Å². The molecule has 0 radical (unpaired) electrons. The summed E-state index contributed by atoms with van der Waals surface area (Å²) < 4.78 is 5.40. The van der Waals surface area contributed by atoms with Crippen LogP contribution < -0.4 is 5.32 Å². The van der Waals surface area contributed by atoms with Crippen LogP contribution in [-0.4, -0.2) is 42.0 Å². The fourth-order valence-electron chi connectivity index (χ4n) is 2.44. The largest absolute Gasteiger partial charge is 0.462 e. The molecule has 0 saturated carbocycles. The van der Waals surface area contributed by atoms with Crippen LogP contribution in [0.25, 0.3) is 10.8 Å². The van der Waals surface area contributed by atoms with E-state index in [-0.39, 0.29) is 5.91 Å². The average Bonchev–Trinajstić information content (AvgIpc) is 3.17. The zero-order valence-electron chi connectivity index (χ0n) is 12.1. The van der Waals surface area contributed by atoms with E-state index in [1.807, 2.05) is 17.0 Å². The molecule has 1 fully saturated rings. The zero-order valence-corrected chi connectivity index (χ0v) is 12.9. The van der Waals surface area contributed by atoms with E-state index in [0.29, 0.717) is 0 Å². The van der Waals surface area contributed by atoms with Crippen molar-refractivity contribution in [3.05, 3.63) is 29.0 Å². The van der Waals surface area contributed by atoms with Crippen molar-refractivity contribution in [2.75, 3.05) is 26.2 Å². The Kier molecular flexibility index (Phi) is 4.36. The Labute approximate surface area is 128 Å². The summed E-state index contributed by atoms with van der Waals surface area (Å²) in [5.41, 5.74) is 0.900. The lowest BCUT2D eigenvalue weighted by Gasteiger charge is -2.27. The van der Waals surface area contributed by atoms with Gasteiger partial charge in [-0.2, -0.15) is 0 Å². The first-order valence-corrected chi connectivity index (χ1v) is 8.15. The molecule has 5 nitrogen and oxygen atoms in total. The third kappa shape index (κ3) is 3.01. The number of nitrogens with zero attached hydrogens (tertiary/aromatic N) is 2. The molecule has 1 saturated heterocycles. The first-order chi connectivity index (χ1) is 10.3. The number of piperazine rings is 1. The lowest BCUT2D eigenvalue weighted by atomic mass is 10.2. The fourth-order valence-corrected chi connectivity index (χ4v) is 3.49. The van der Waals surface area contributed by atoms with Gasteiger partial charge >= 0.3 is 0 Å². The van der Waals surface area contributed by atoms with E-state index in [4.69, 9.17) is 4.42 Å². The number of rotatable bonds is 4. The van der Waals surface area contributed by atoms with Crippen LogP contribution in [0.15, 0.2) is 22.8 Å². The van der Waals surface area contributed by atoms with Crippen molar-refractivity contribution >= 4 is 17.2 Å². The fraction of sp³-hybridized carbons (Fsp3) is 0.467. The van der Waals surface area contributed by atoms with Crippen LogP contribution in [0.4, 0.5) is 0 Å². The highest BCUT2D eigenvalue weighted by Crippen LogP contribution is 2.30. The van der Waals surface area contributed by atoms with E-state index in [9.17, 15) is 4.79 Å². The molecule has 0 bridgehead atoms. The molecule has 1 N–H and O–H groups in total. The lowest BCUT2D eigenvalue weighted by Crippen LogP contribution is -2.46. The Balaban J connectivity index is 1.90. The predicted molar refractivity (Wildman–Crippen MR) is 82.6 cm³/mol. The molecule has 1 aliphatic heterocycles. The average molecular weight is 305 g/mol. The summed E-state index contributed by atoms with van der Waals surface area (Å²) in [5, 5.41) is 4.06. The van der Waals surface area contributed by atoms with Crippen molar-refractivity contribution in [3.63, 3.8) is 0 Å². The molecule has 3 heterocycles. The molecule has 3 rings (SSSR count). The smallest absolute Gasteiger partial charge is 0.265 e. The normalized spacial score (nSPS) is 15.4. The first kappa shape index (κ1) is 14.3. The molecule has 0 aliphatic carbocycles. The maximum Gasteiger partial charge on any atom is 0.265 e. The summed E-state index contributed by atoms with van der Waals surface area (Å²) in [7, 11) is 0. The third-order valence-electron chi connectivity index (χ3n) is 3.51. The molecule has 6 heteroatoms. The molecule has 0 aromatic carbocycles.